The van der Waals surface area contributed by atoms with Gasteiger partial charge in [-0.1, -0.05) is 36.7 Å². The Balaban J connectivity index is 4.22. The number of hydrogen-bond acceptors (Lipinski definition) is 1. The van der Waals surface area contributed by atoms with Gasteiger partial charge < -0.3 is 5.11 Å². The van der Waals surface area contributed by atoms with E-state index in [1.807, 2.05) is 20.8 Å². The molecule has 0 bridgehead atoms. The fraction of sp³-hybridized carbons (Fsp3) is 0.875. The number of aliphatic carboxylic acids is 1. The highest BCUT2D eigenvalue weighted by molar-refractivity contribution is 9.09. The number of carboxylic acids is 1. The van der Waals surface area contributed by atoms with Gasteiger partial charge in [0.25, 0.3) is 0 Å². The molecule has 0 heterocycles. The largest absolute Gasteiger partial charge is 0.481 e. The van der Waals surface area contributed by atoms with E-state index in [0.717, 1.165) is 5.33 Å². The van der Waals surface area contributed by atoms with E-state index in [-0.39, 0.29) is 11.3 Å². The first-order chi connectivity index (χ1) is 4.89. The molecule has 66 valence electrons. The lowest BCUT2D eigenvalue weighted by molar-refractivity contribution is -0.145. The predicted molar refractivity (Wildman–Crippen MR) is 49.0 cm³/mol. The molecule has 0 radical (unpaired) electrons. The molecule has 0 aromatic carbocycles. The zero-order chi connectivity index (χ0) is 9.07. The first-order valence-corrected chi connectivity index (χ1v) is 4.80. The minimum absolute atomic E-state index is 0.139. The van der Waals surface area contributed by atoms with Gasteiger partial charge in [-0.2, -0.15) is 0 Å². The van der Waals surface area contributed by atoms with Crippen LogP contribution in [0.5, 0.6) is 0 Å². The molecular weight excluding hydrogens is 208 g/mol. The van der Waals surface area contributed by atoms with Crippen LogP contribution >= 0.6 is 15.9 Å². The molecule has 0 saturated carbocycles. The molecule has 1 N–H and O–H groups in total. The topological polar surface area (TPSA) is 37.3 Å². The highest BCUT2D eigenvalue weighted by Gasteiger charge is 2.29. The van der Waals surface area contributed by atoms with E-state index in [1.54, 1.807) is 0 Å². The van der Waals surface area contributed by atoms with Crippen molar-refractivity contribution in [2.75, 3.05) is 5.33 Å². The van der Waals surface area contributed by atoms with Crippen LogP contribution in [0.25, 0.3) is 0 Å². The average Bonchev–Trinajstić information content (AvgIpc) is 1.79. The summed E-state index contributed by atoms with van der Waals surface area (Å²) >= 11 is 3.25. The molecule has 1 atom stereocenters. The summed E-state index contributed by atoms with van der Waals surface area (Å²) < 4.78 is 0. The van der Waals surface area contributed by atoms with E-state index < -0.39 is 5.97 Å². The summed E-state index contributed by atoms with van der Waals surface area (Å²) in [5.41, 5.74) is -0.139. The first kappa shape index (κ1) is 11.0. The van der Waals surface area contributed by atoms with Gasteiger partial charge in [0.05, 0.1) is 5.92 Å². The number of carbonyl (C=O) groups is 1. The van der Waals surface area contributed by atoms with Crippen LogP contribution in [0.2, 0.25) is 0 Å². The van der Waals surface area contributed by atoms with Gasteiger partial charge in [-0.25, -0.2) is 0 Å². The van der Waals surface area contributed by atoms with E-state index in [2.05, 4.69) is 15.9 Å². The van der Waals surface area contributed by atoms with Crippen LogP contribution in [0.15, 0.2) is 0 Å². The first-order valence-electron chi connectivity index (χ1n) is 3.68. The van der Waals surface area contributed by atoms with Crippen LogP contribution in [0.1, 0.15) is 27.2 Å². The third-order valence-corrected chi connectivity index (χ3v) is 2.20. The van der Waals surface area contributed by atoms with E-state index in [1.165, 1.54) is 0 Å². The zero-order valence-corrected chi connectivity index (χ0v) is 8.81. The molecule has 0 aromatic rings. The minimum Gasteiger partial charge on any atom is -0.481 e. The Hall–Kier alpha value is -0.0500. The number of alkyl halides is 1. The quantitative estimate of drug-likeness (QED) is 0.746. The fourth-order valence-electron chi connectivity index (χ4n) is 1.04. The Bertz CT molecular complexity index is 138. The van der Waals surface area contributed by atoms with Crippen molar-refractivity contribution in [1.82, 2.24) is 0 Å². The van der Waals surface area contributed by atoms with Crippen LogP contribution in [0.3, 0.4) is 0 Å². The van der Waals surface area contributed by atoms with E-state index in [4.69, 9.17) is 5.11 Å². The molecule has 0 aromatic heterocycles. The summed E-state index contributed by atoms with van der Waals surface area (Å²) in [6.45, 7) is 5.86. The van der Waals surface area contributed by atoms with E-state index >= 15 is 0 Å². The van der Waals surface area contributed by atoms with Gasteiger partial charge in [0.1, 0.15) is 0 Å². The Morgan fingerprint density at radius 3 is 2.09 bits per heavy atom. The normalized spacial score (nSPS) is 14.5. The van der Waals surface area contributed by atoms with Crippen molar-refractivity contribution in [2.24, 2.45) is 11.3 Å². The summed E-state index contributed by atoms with van der Waals surface area (Å²) in [4.78, 5) is 10.7. The Kier molecular flexibility index (Phi) is 4.08. The molecule has 0 spiro atoms. The van der Waals surface area contributed by atoms with Crippen molar-refractivity contribution >= 4 is 21.9 Å². The maximum Gasteiger partial charge on any atom is 0.307 e. The SMILES string of the molecule is CC(C)(C)C(CCBr)C(=O)O. The summed E-state index contributed by atoms with van der Waals surface area (Å²) in [5, 5.41) is 9.57. The van der Waals surface area contributed by atoms with Crippen molar-refractivity contribution in [3.63, 3.8) is 0 Å². The third kappa shape index (κ3) is 3.75. The monoisotopic (exact) mass is 222 g/mol. The van der Waals surface area contributed by atoms with Gasteiger partial charge >= 0.3 is 5.97 Å². The van der Waals surface area contributed by atoms with Gasteiger partial charge in [-0.3, -0.25) is 4.79 Å². The van der Waals surface area contributed by atoms with Gasteiger partial charge in [-0.15, -0.1) is 0 Å². The maximum atomic E-state index is 10.7. The van der Waals surface area contributed by atoms with E-state index in [9.17, 15) is 4.79 Å². The molecule has 0 saturated heterocycles. The fourth-order valence-corrected chi connectivity index (χ4v) is 1.49. The predicted octanol–water partition coefficient (Wildman–Crippen LogP) is 2.52. The van der Waals surface area contributed by atoms with Crippen molar-refractivity contribution < 1.29 is 9.90 Å². The molecule has 3 heteroatoms. The molecule has 0 fully saturated rings. The number of hydrogen-bond donors (Lipinski definition) is 1. The molecule has 0 rings (SSSR count). The minimum atomic E-state index is -0.697. The summed E-state index contributed by atoms with van der Waals surface area (Å²) in [5.74, 6) is -0.946. The molecule has 0 aliphatic heterocycles. The third-order valence-electron chi connectivity index (χ3n) is 1.74. The van der Waals surface area contributed by atoms with Crippen LogP contribution in [-0.4, -0.2) is 16.4 Å². The lowest BCUT2D eigenvalue weighted by Crippen LogP contribution is -2.28. The Morgan fingerprint density at radius 2 is 2.00 bits per heavy atom. The maximum absolute atomic E-state index is 10.7. The van der Waals surface area contributed by atoms with Crippen LogP contribution in [0, 0.1) is 11.3 Å². The van der Waals surface area contributed by atoms with Crippen molar-refractivity contribution in [3.05, 3.63) is 0 Å². The highest BCUT2D eigenvalue weighted by atomic mass is 79.9. The number of halogens is 1. The average molecular weight is 223 g/mol. The van der Waals surface area contributed by atoms with Crippen LogP contribution in [0.4, 0.5) is 0 Å². The standard InChI is InChI=1S/C8H15BrO2/c1-8(2,3)6(4-5-9)7(10)11/h6H,4-5H2,1-3H3,(H,10,11). The van der Waals surface area contributed by atoms with Gasteiger partial charge in [0.2, 0.25) is 0 Å². The molecule has 0 amide bonds. The van der Waals surface area contributed by atoms with Crippen molar-refractivity contribution in [3.8, 4) is 0 Å². The summed E-state index contributed by atoms with van der Waals surface area (Å²) in [6, 6.07) is 0. The van der Waals surface area contributed by atoms with Gasteiger partial charge in [-0.05, 0) is 11.8 Å². The van der Waals surface area contributed by atoms with Crippen LogP contribution in [-0.2, 0) is 4.79 Å². The molecule has 0 aliphatic carbocycles. The molecule has 0 aliphatic rings. The second-order valence-electron chi connectivity index (χ2n) is 3.73. The van der Waals surface area contributed by atoms with E-state index in [0.29, 0.717) is 6.42 Å². The smallest absolute Gasteiger partial charge is 0.307 e. The summed E-state index contributed by atoms with van der Waals surface area (Å²) in [7, 11) is 0. The Labute approximate surface area is 76.1 Å². The highest BCUT2D eigenvalue weighted by Crippen LogP contribution is 2.29. The van der Waals surface area contributed by atoms with Crippen molar-refractivity contribution in [2.45, 2.75) is 27.2 Å². The van der Waals surface area contributed by atoms with Gasteiger partial charge in [0, 0.05) is 5.33 Å². The Morgan fingerprint density at radius 1 is 1.55 bits per heavy atom. The summed E-state index contributed by atoms with van der Waals surface area (Å²) in [6.07, 6.45) is 0.693. The second-order valence-corrected chi connectivity index (χ2v) is 4.53. The molecular formula is C8H15BrO2. The molecule has 2 nitrogen and oxygen atoms in total. The lowest BCUT2D eigenvalue weighted by Gasteiger charge is -2.26. The second kappa shape index (κ2) is 4.10. The number of rotatable bonds is 3. The van der Waals surface area contributed by atoms with Crippen molar-refractivity contribution in [1.29, 1.82) is 0 Å². The molecule has 1 unspecified atom stereocenters. The zero-order valence-electron chi connectivity index (χ0n) is 7.22. The lowest BCUT2D eigenvalue weighted by atomic mass is 9.79. The number of carboxylic acid groups (broad SMARTS) is 1. The van der Waals surface area contributed by atoms with Gasteiger partial charge in [0.15, 0.2) is 0 Å². The van der Waals surface area contributed by atoms with Crippen LogP contribution < -0.4 is 0 Å². The molecule has 11 heavy (non-hydrogen) atoms.